The van der Waals surface area contributed by atoms with Gasteiger partial charge in [0.1, 0.15) is 0 Å². The third-order valence-corrected chi connectivity index (χ3v) is 3.87. The molecule has 4 heteroatoms. The Morgan fingerprint density at radius 1 is 1.32 bits per heavy atom. The van der Waals surface area contributed by atoms with E-state index in [0.29, 0.717) is 10.4 Å². The van der Waals surface area contributed by atoms with Gasteiger partial charge in [0.25, 0.3) is 5.91 Å². The molecule has 1 aliphatic rings. The Labute approximate surface area is 120 Å². The van der Waals surface area contributed by atoms with Gasteiger partial charge in [-0.1, -0.05) is 18.2 Å². The molecule has 0 unspecified atom stereocenters. The number of carbonyl (C=O) groups is 1. The molecule has 0 N–H and O–H groups in total. The van der Waals surface area contributed by atoms with Gasteiger partial charge in [-0.2, -0.15) is 0 Å². The number of amides is 1. The Hall–Kier alpha value is -1.55. The number of nitrogens with zero attached hydrogens (tertiary/aromatic N) is 1. The van der Waals surface area contributed by atoms with E-state index in [0.717, 1.165) is 30.6 Å². The molecule has 0 saturated carbocycles. The van der Waals surface area contributed by atoms with Crippen LogP contribution in [0.5, 0.6) is 0 Å². The largest absolute Gasteiger partial charge is 0.444 e. The van der Waals surface area contributed by atoms with E-state index in [1.54, 1.807) is 12.1 Å². The van der Waals surface area contributed by atoms with E-state index in [4.69, 9.17) is 4.42 Å². The average molecular weight is 320 g/mol. The van der Waals surface area contributed by atoms with Gasteiger partial charge >= 0.3 is 0 Å². The SMILES string of the molecule is Cc1cccc2c1N(C(=O)c1ccc(Br)o1)CCC2. The number of para-hydroxylation sites is 1. The Bertz CT molecular complexity index is 633. The second kappa shape index (κ2) is 4.85. The standard InChI is InChI=1S/C15H14BrNO2/c1-10-4-2-5-11-6-3-9-17(14(10)11)15(18)12-7-8-13(16)19-12/h2,4-5,7-8H,3,6,9H2,1H3. The lowest BCUT2D eigenvalue weighted by Gasteiger charge is -2.30. The number of hydrogen-bond donors (Lipinski definition) is 0. The fraction of sp³-hybridized carbons (Fsp3) is 0.267. The minimum absolute atomic E-state index is 0.0686. The van der Waals surface area contributed by atoms with Crippen LogP contribution in [0.1, 0.15) is 28.1 Å². The minimum atomic E-state index is -0.0686. The van der Waals surface area contributed by atoms with Crippen molar-refractivity contribution in [1.82, 2.24) is 0 Å². The van der Waals surface area contributed by atoms with Crippen molar-refractivity contribution in [1.29, 1.82) is 0 Å². The zero-order valence-electron chi connectivity index (χ0n) is 10.6. The van der Waals surface area contributed by atoms with Crippen LogP contribution >= 0.6 is 15.9 Å². The molecule has 0 atom stereocenters. The summed E-state index contributed by atoms with van der Waals surface area (Å²) in [4.78, 5) is 14.4. The van der Waals surface area contributed by atoms with E-state index in [9.17, 15) is 4.79 Å². The monoisotopic (exact) mass is 319 g/mol. The van der Waals surface area contributed by atoms with Gasteiger partial charge in [-0.05, 0) is 59.0 Å². The number of aryl methyl sites for hydroxylation is 2. The van der Waals surface area contributed by atoms with Crippen molar-refractivity contribution in [3.63, 3.8) is 0 Å². The van der Waals surface area contributed by atoms with E-state index >= 15 is 0 Å². The van der Waals surface area contributed by atoms with Crippen LogP contribution in [0.3, 0.4) is 0 Å². The van der Waals surface area contributed by atoms with Gasteiger partial charge in [-0.25, -0.2) is 0 Å². The molecule has 0 saturated heterocycles. The third kappa shape index (κ3) is 2.21. The van der Waals surface area contributed by atoms with Crippen LogP contribution in [0, 0.1) is 6.92 Å². The molecular weight excluding hydrogens is 306 g/mol. The highest BCUT2D eigenvalue weighted by atomic mass is 79.9. The summed E-state index contributed by atoms with van der Waals surface area (Å²) >= 11 is 3.23. The molecule has 1 amide bonds. The molecule has 2 aromatic rings. The third-order valence-electron chi connectivity index (χ3n) is 3.45. The number of anilines is 1. The average Bonchev–Trinajstić information content (AvgIpc) is 2.84. The van der Waals surface area contributed by atoms with Crippen molar-refractivity contribution in [2.24, 2.45) is 0 Å². The maximum absolute atomic E-state index is 12.5. The normalized spacial score (nSPS) is 14.3. The lowest BCUT2D eigenvalue weighted by molar-refractivity contribution is 0.0957. The molecule has 2 heterocycles. The number of benzene rings is 1. The number of halogens is 1. The number of fused-ring (bicyclic) bond motifs is 1. The highest BCUT2D eigenvalue weighted by Crippen LogP contribution is 2.32. The summed E-state index contributed by atoms with van der Waals surface area (Å²) in [6.07, 6.45) is 2.02. The first-order chi connectivity index (χ1) is 9.16. The highest BCUT2D eigenvalue weighted by Gasteiger charge is 2.26. The first-order valence-electron chi connectivity index (χ1n) is 6.32. The molecule has 3 nitrogen and oxygen atoms in total. The van der Waals surface area contributed by atoms with E-state index in [2.05, 4.69) is 22.0 Å². The van der Waals surface area contributed by atoms with E-state index in [1.807, 2.05) is 24.0 Å². The number of rotatable bonds is 1. The summed E-state index contributed by atoms with van der Waals surface area (Å²) in [6.45, 7) is 2.79. The molecule has 0 radical (unpaired) electrons. The zero-order valence-corrected chi connectivity index (χ0v) is 12.2. The predicted octanol–water partition coefficient (Wildman–Crippen LogP) is 3.94. The molecule has 0 aliphatic carbocycles. The van der Waals surface area contributed by atoms with Crippen molar-refractivity contribution < 1.29 is 9.21 Å². The fourth-order valence-electron chi connectivity index (χ4n) is 2.61. The Kier molecular flexibility index (Phi) is 3.19. The van der Waals surface area contributed by atoms with Gasteiger partial charge < -0.3 is 9.32 Å². The minimum Gasteiger partial charge on any atom is -0.444 e. The van der Waals surface area contributed by atoms with E-state index in [1.165, 1.54) is 5.56 Å². The summed E-state index contributed by atoms with van der Waals surface area (Å²) in [6, 6.07) is 9.64. The first-order valence-corrected chi connectivity index (χ1v) is 7.12. The quantitative estimate of drug-likeness (QED) is 0.797. The maximum Gasteiger partial charge on any atom is 0.294 e. The van der Waals surface area contributed by atoms with Gasteiger partial charge in [0.15, 0.2) is 10.4 Å². The summed E-state index contributed by atoms with van der Waals surface area (Å²) < 4.78 is 5.96. The van der Waals surface area contributed by atoms with Crippen LogP contribution in [0.25, 0.3) is 0 Å². The van der Waals surface area contributed by atoms with Crippen molar-refractivity contribution in [3.05, 3.63) is 51.9 Å². The van der Waals surface area contributed by atoms with Crippen molar-refractivity contribution >= 4 is 27.5 Å². The fourth-order valence-corrected chi connectivity index (χ4v) is 2.92. The number of furan rings is 1. The Balaban J connectivity index is 2.02. The molecule has 1 aliphatic heterocycles. The van der Waals surface area contributed by atoms with Crippen LogP contribution in [-0.2, 0) is 6.42 Å². The second-order valence-corrected chi connectivity index (χ2v) is 5.53. The lowest BCUT2D eigenvalue weighted by atomic mass is 9.98. The smallest absolute Gasteiger partial charge is 0.294 e. The maximum atomic E-state index is 12.5. The zero-order chi connectivity index (χ0) is 13.4. The van der Waals surface area contributed by atoms with Gasteiger partial charge in [0.05, 0.1) is 5.69 Å². The van der Waals surface area contributed by atoms with Crippen LogP contribution in [-0.4, -0.2) is 12.5 Å². The molecule has 3 rings (SSSR count). The summed E-state index contributed by atoms with van der Waals surface area (Å²) in [5.74, 6) is 0.309. The van der Waals surface area contributed by atoms with Crippen LogP contribution in [0.2, 0.25) is 0 Å². The summed E-state index contributed by atoms with van der Waals surface area (Å²) in [7, 11) is 0. The predicted molar refractivity (Wildman–Crippen MR) is 77.6 cm³/mol. The lowest BCUT2D eigenvalue weighted by Crippen LogP contribution is -2.35. The van der Waals surface area contributed by atoms with Crippen molar-refractivity contribution in [2.45, 2.75) is 19.8 Å². The molecule has 0 fully saturated rings. The van der Waals surface area contributed by atoms with Crippen LogP contribution in [0.4, 0.5) is 5.69 Å². The molecule has 0 spiro atoms. The molecule has 1 aromatic carbocycles. The van der Waals surface area contributed by atoms with Crippen molar-refractivity contribution in [2.75, 3.05) is 11.4 Å². The van der Waals surface area contributed by atoms with Crippen molar-refractivity contribution in [3.8, 4) is 0 Å². The second-order valence-electron chi connectivity index (χ2n) is 4.75. The topological polar surface area (TPSA) is 33.5 Å². The van der Waals surface area contributed by atoms with Crippen LogP contribution < -0.4 is 4.90 Å². The summed E-state index contributed by atoms with van der Waals surface area (Å²) in [5.41, 5.74) is 3.42. The number of carbonyl (C=O) groups excluding carboxylic acids is 1. The first kappa shape index (κ1) is 12.5. The molecule has 0 bridgehead atoms. The van der Waals surface area contributed by atoms with E-state index in [-0.39, 0.29) is 5.91 Å². The Morgan fingerprint density at radius 2 is 2.16 bits per heavy atom. The van der Waals surface area contributed by atoms with Gasteiger partial charge in [-0.3, -0.25) is 4.79 Å². The molecule has 98 valence electrons. The number of hydrogen-bond acceptors (Lipinski definition) is 2. The van der Waals surface area contributed by atoms with Gasteiger partial charge in [-0.15, -0.1) is 0 Å². The van der Waals surface area contributed by atoms with E-state index < -0.39 is 0 Å². The molecular formula is C15H14BrNO2. The van der Waals surface area contributed by atoms with Crippen LogP contribution in [0.15, 0.2) is 39.4 Å². The van der Waals surface area contributed by atoms with Gasteiger partial charge in [0.2, 0.25) is 0 Å². The highest BCUT2D eigenvalue weighted by molar-refractivity contribution is 9.10. The summed E-state index contributed by atoms with van der Waals surface area (Å²) in [5, 5.41) is 0. The van der Waals surface area contributed by atoms with Gasteiger partial charge in [0, 0.05) is 6.54 Å². The Morgan fingerprint density at radius 3 is 2.89 bits per heavy atom. The molecule has 1 aromatic heterocycles. The molecule has 19 heavy (non-hydrogen) atoms.